The summed E-state index contributed by atoms with van der Waals surface area (Å²) in [7, 11) is 0. The first-order chi connectivity index (χ1) is 14.3. The SMILES string of the molecule is Clc1ccc2nc(CSc3nnc(CN4CCCC4)n3-c3ccccc3)cn2c1. The third kappa shape index (κ3) is 4.03. The maximum atomic E-state index is 6.08. The number of pyridine rings is 1. The number of likely N-dealkylation sites (tertiary alicyclic amines) is 1. The number of nitrogens with zero attached hydrogens (tertiary/aromatic N) is 6. The molecule has 0 spiro atoms. The number of imidazole rings is 1. The summed E-state index contributed by atoms with van der Waals surface area (Å²) >= 11 is 7.74. The van der Waals surface area contributed by atoms with Crippen LogP contribution in [-0.2, 0) is 12.3 Å². The number of hydrogen-bond donors (Lipinski definition) is 0. The van der Waals surface area contributed by atoms with Crippen LogP contribution in [0, 0.1) is 0 Å². The van der Waals surface area contributed by atoms with Crippen molar-refractivity contribution in [3.05, 3.63) is 71.4 Å². The zero-order valence-electron chi connectivity index (χ0n) is 15.9. The number of hydrogen-bond acceptors (Lipinski definition) is 5. The van der Waals surface area contributed by atoms with E-state index in [0.29, 0.717) is 10.8 Å². The predicted octanol–water partition coefficient (Wildman–Crippen LogP) is 4.46. The molecule has 0 N–H and O–H groups in total. The summed E-state index contributed by atoms with van der Waals surface area (Å²) < 4.78 is 4.13. The van der Waals surface area contributed by atoms with Gasteiger partial charge in [0.1, 0.15) is 5.65 Å². The summed E-state index contributed by atoms with van der Waals surface area (Å²) in [5.74, 6) is 1.70. The highest BCUT2D eigenvalue weighted by molar-refractivity contribution is 7.98. The molecule has 0 atom stereocenters. The minimum Gasteiger partial charge on any atom is -0.305 e. The average Bonchev–Trinajstić information content (AvgIpc) is 3.47. The minimum atomic E-state index is 0.699. The average molecular weight is 425 g/mol. The van der Waals surface area contributed by atoms with Gasteiger partial charge in [-0.2, -0.15) is 0 Å². The molecular weight excluding hydrogens is 404 g/mol. The second kappa shape index (κ2) is 8.18. The molecule has 0 saturated carbocycles. The topological polar surface area (TPSA) is 51.2 Å². The van der Waals surface area contributed by atoms with Crippen LogP contribution < -0.4 is 0 Å². The van der Waals surface area contributed by atoms with E-state index >= 15 is 0 Å². The number of rotatable bonds is 6. The van der Waals surface area contributed by atoms with E-state index in [9.17, 15) is 0 Å². The minimum absolute atomic E-state index is 0.699. The van der Waals surface area contributed by atoms with E-state index in [1.165, 1.54) is 12.8 Å². The van der Waals surface area contributed by atoms with Crippen LogP contribution in [0.15, 0.2) is 60.0 Å². The summed E-state index contributed by atoms with van der Waals surface area (Å²) in [6.45, 7) is 3.09. The maximum Gasteiger partial charge on any atom is 0.196 e. The highest BCUT2D eigenvalue weighted by atomic mass is 35.5. The van der Waals surface area contributed by atoms with Crippen molar-refractivity contribution >= 4 is 29.0 Å². The fourth-order valence-corrected chi connectivity index (χ4v) is 4.72. The molecule has 0 amide bonds. The maximum absolute atomic E-state index is 6.08. The van der Waals surface area contributed by atoms with Gasteiger partial charge in [-0.05, 0) is 50.2 Å². The molecule has 1 fully saturated rings. The van der Waals surface area contributed by atoms with Crippen LogP contribution in [0.4, 0.5) is 0 Å². The number of thioether (sulfide) groups is 1. The molecule has 148 valence electrons. The van der Waals surface area contributed by atoms with Gasteiger partial charge in [0.2, 0.25) is 0 Å². The van der Waals surface area contributed by atoms with E-state index in [-0.39, 0.29) is 0 Å². The van der Waals surface area contributed by atoms with Gasteiger partial charge in [0.15, 0.2) is 11.0 Å². The number of fused-ring (bicyclic) bond motifs is 1. The fraction of sp³-hybridized carbons (Fsp3) is 0.286. The van der Waals surface area contributed by atoms with Gasteiger partial charge in [0, 0.05) is 23.8 Å². The lowest BCUT2D eigenvalue weighted by atomic mass is 10.3. The lowest BCUT2D eigenvalue weighted by Gasteiger charge is -2.15. The van der Waals surface area contributed by atoms with E-state index in [1.54, 1.807) is 11.8 Å². The van der Waals surface area contributed by atoms with Gasteiger partial charge in [0.05, 0.1) is 17.3 Å². The molecule has 8 heteroatoms. The third-order valence-corrected chi connectivity index (χ3v) is 6.28. The number of para-hydroxylation sites is 1. The molecule has 0 bridgehead atoms. The summed E-state index contributed by atoms with van der Waals surface area (Å²) in [6, 6.07) is 14.1. The normalized spacial score (nSPS) is 14.8. The Morgan fingerprint density at radius 1 is 0.966 bits per heavy atom. The van der Waals surface area contributed by atoms with Crippen LogP contribution in [0.3, 0.4) is 0 Å². The Morgan fingerprint density at radius 2 is 1.79 bits per heavy atom. The molecule has 5 rings (SSSR count). The molecule has 4 heterocycles. The van der Waals surface area contributed by atoms with E-state index < -0.39 is 0 Å². The molecule has 1 aliphatic rings. The first kappa shape index (κ1) is 18.7. The molecular formula is C21H21ClN6S. The van der Waals surface area contributed by atoms with Gasteiger partial charge in [-0.15, -0.1) is 10.2 Å². The summed E-state index contributed by atoms with van der Waals surface area (Å²) in [5.41, 5.74) is 2.97. The van der Waals surface area contributed by atoms with Crippen molar-refractivity contribution in [1.29, 1.82) is 0 Å². The van der Waals surface area contributed by atoms with E-state index in [0.717, 1.165) is 47.6 Å². The van der Waals surface area contributed by atoms with Crippen LogP contribution >= 0.6 is 23.4 Å². The Hall–Kier alpha value is -2.35. The molecule has 29 heavy (non-hydrogen) atoms. The monoisotopic (exact) mass is 424 g/mol. The largest absolute Gasteiger partial charge is 0.305 e. The van der Waals surface area contributed by atoms with Crippen molar-refractivity contribution in [3.8, 4) is 5.69 Å². The third-order valence-electron chi connectivity index (χ3n) is 5.09. The van der Waals surface area contributed by atoms with Gasteiger partial charge in [0.25, 0.3) is 0 Å². The molecule has 0 unspecified atom stereocenters. The zero-order valence-corrected chi connectivity index (χ0v) is 17.5. The highest BCUT2D eigenvalue weighted by Gasteiger charge is 2.19. The van der Waals surface area contributed by atoms with E-state index in [4.69, 9.17) is 11.6 Å². The van der Waals surface area contributed by atoms with Crippen molar-refractivity contribution in [3.63, 3.8) is 0 Å². The number of halogens is 1. The van der Waals surface area contributed by atoms with E-state index in [2.05, 4.69) is 48.9 Å². The lowest BCUT2D eigenvalue weighted by molar-refractivity contribution is 0.319. The van der Waals surface area contributed by atoms with Crippen LogP contribution in [0.2, 0.25) is 5.02 Å². The van der Waals surface area contributed by atoms with E-state index in [1.807, 2.05) is 35.0 Å². The first-order valence-electron chi connectivity index (χ1n) is 9.74. The van der Waals surface area contributed by atoms with Gasteiger partial charge >= 0.3 is 0 Å². The molecule has 1 aromatic carbocycles. The quantitative estimate of drug-likeness (QED) is 0.428. The van der Waals surface area contributed by atoms with Crippen molar-refractivity contribution in [2.24, 2.45) is 0 Å². The Bertz CT molecular complexity index is 1120. The Morgan fingerprint density at radius 3 is 2.62 bits per heavy atom. The molecule has 0 radical (unpaired) electrons. The number of aromatic nitrogens is 5. The van der Waals surface area contributed by atoms with Crippen molar-refractivity contribution in [1.82, 2.24) is 29.0 Å². The summed E-state index contributed by atoms with van der Waals surface area (Å²) in [5, 5.41) is 10.6. The lowest BCUT2D eigenvalue weighted by Crippen LogP contribution is -2.21. The van der Waals surface area contributed by atoms with Crippen LogP contribution in [0.1, 0.15) is 24.4 Å². The molecule has 1 saturated heterocycles. The Balaban J connectivity index is 1.41. The summed E-state index contributed by atoms with van der Waals surface area (Å²) in [6.07, 6.45) is 6.42. The van der Waals surface area contributed by atoms with Gasteiger partial charge in [-0.1, -0.05) is 41.6 Å². The first-order valence-corrected chi connectivity index (χ1v) is 11.1. The number of benzene rings is 1. The van der Waals surface area contributed by atoms with Crippen molar-refractivity contribution < 1.29 is 0 Å². The Kier molecular flexibility index (Phi) is 5.26. The molecule has 1 aliphatic heterocycles. The molecule has 6 nitrogen and oxygen atoms in total. The fourth-order valence-electron chi connectivity index (χ4n) is 3.70. The van der Waals surface area contributed by atoms with Gasteiger partial charge < -0.3 is 4.40 Å². The molecule has 3 aromatic heterocycles. The van der Waals surface area contributed by atoms with Crippen molar-refractivity contribution in [2.45, 2.75) is 30.3 Å². The zero-order chi connectivity index (χ0) is 19.6. The van der Waals surface area contributed by atoms with Crippen molar-refractivity contribution in [2.75, 3.05) is 13.1 Å². The van der Waals surface area contributed by atoms with Crippen LogP contribution in [-0.4, -0.2) is 42.1 Å². The molecule has 4 aromatic rings. The highest BCUT2D eigenvalue weighted by Crippen LogP contribution is 2.26. The standard InChI is InChI=1S/C21H21ClN6S/c22-16-8-9-19-23-17(13-27(19)12-16)15-29-21-25-24-20(14-26-10-4-5-11-26)28(21)18-6-2-1-3-7-18/h1-3,6-9,12-13H,4-5,10-11,14-15H2. The van der Waals surface area contributed by atoms with Gasteiger partial charge in [-0.25, -0.2) is 4.98 Å². The van der Waals surface area contributed by atoms with Crippen LogP contribution in [0.25, 0.3) is 11.3 Å². The Labute approximate surface area is 178 Å². The second-order valence-electron chi connectivity index (χ2n) is 7.19. The summed E-state index contributed by atoms with van der Waals surface area (Å²) in [4.78, 5) is 7.13. The second-order valence-corrected chi connectivity index (χ2v) is 8.57. The molecule has 0 aliphatic carbocycles. The predicted molar refractivity (Wildman–Crippen MR) is 116 cm³/mol. The van der Waals surface area contributed by atoms with Crippen LogP contribution in [0.5, 0.6) is 0 Å². The smallest absolute Gasteiger partial charge is 0.196 e. The van der Waals surface area contributed by atoms with Gasteiger partial charge in [-0.3, -0.25) is 9.47 Å².